The van der Waals surface area contributed by atoms with Gasteiger partial charge in [-0.15, -0.1) is 0 Å². The van der Waals surface area contributed by atoms with Gasteiger partial charge in [0.2, 0.25) is 0 Å². The molecule has 1 atom stereocenters. The Kier molecular flexibility index (Phi) is 13.2. The standard InChI is InChI=1S/C17H32O4/c1-4-6-8-9-11-15(3)21-17(19)13-12-16(18)20-14-10-7-5-2/h15H,4-14H2,1-3H3. The number of hydrogen-bond donors (Lipinski definition) is 0. The maximum atomic E-state index is 11.6. The topological polar surface area (TPSA) is 52.6 Å². The van der Waals surface area contributed by atoms with Gasteiger partial charge in [-0.05, 0) is 26.2 Å². The van der Waals surface area contributed by atoms with Crippen LogP contribution >= 0.6 is 0 Å². The van der Waals surface area contributed by atoms with E-state index in [4.69, 9.17) is 9.47 Å². The van der Waals surface area contributed by atoms with Crippen molar-refractivity contribution in [2.45, 2.75) is 91.1 Å². The molecule has 0 aromatic carbocycles. The van der Waals surface area contributed by atoms with Gasteiger partial charge in [-0.3, -0.25) is 9.59 Å². The molecule has 0 heterocycles. The van der Waals surface area contributed by atoms with Crippen LogP contribution in [0.4, 0.5) is 0 Å². The average Bonchev–Trinajstić information content (AvgIpc) is 2.46. The molecule has 0 aliphatic carbocycles. The molecule has 0 aliphatic heterocycles. The normalized spacial score (nSPS) is 12.0. The first-order valence-corrected chi connectivity index (χ1v) is 8.45. The van der Waals surface area contributed by atoms with Crippen LogP contribution in [0.3, 0.4) is 0 Å². The highest BCUT2D eigenvalue weighted by Gasteiger charge is 2.12. The number of unbranched alkanes of at least 4 members (excludes halogenated alkanes) is 5. The summed E-state index contributed by atoms with van der Waals surface area (Å²) in [7, 11) is 0. The van der Waals surface area contributed by atoms with Crippen LogP contribution in [-0.2, 0) is 19.1 Å². The Bertz CT molecular complexity index is 276. The van der Waals surface area contributed by atoms with Crippen molar-refractivity contribution in [3.63, 3.8) is 0 Å². The molecule has 21 heavy (non-hydrogen) atoms. The largest absolute Gasteiger partial charge is 0.466 e. The van der Waals surface area contributed by atoms with Crippen LogP contribution in [0.2, 0.25) is 0 Å². The second-order valence-corrected chi connectivity index (χ2v) is 5.58. The fraction of sp³-hybridized carbons (Fsp3) is 0.882. The first kappa shape index (κ1) is 19.9. The minimum atomic E-state index is -0.307. The van der Waals surface area contributed by atoms with Crippen LogP contribution in [0.1, 0.15) is 85.0 Å². The second-order valence-electron chi connectivity index (χ2n) is 5.58. The second kappa shape index (κ2) is 13.9. The molecule has 0 bridgehead atoms. The lowest BCUT2D eigenvalue weighted by atomic mass is 10.1. The zero-order valence-corrected chi connectivity index (χ0v) is 14.0. The van der Waals surface area contributed by atoms with E-state index < -0.39 is 0 Å². The van der Waals surface area contributed by atoms with Gasteiger partial charge >= 0.3 is 11.9 Å². The lowest BCUT2D eigenvalue weighted by Gasteiger charge is -2.13. The van der Waals surface area contributed by atoms with Crippen LogP contribution in [-0.4, -0.2) is 24.6 Å². The highest BCUT2D eigenvalue weighted by molar-refractivity contribution is 5.77. The first-order chi connectivity index (χ1) is 10.1. The Morgan fingerprint density at radius 2 is 1.48 bits per heavy atom. The van der Waals surface area contributed by atoms with E-state index in [-0.39, 0.29) is 30.9 Å². The summed E-state index contributed by atoms with van der Waals surface area (Å²) in [5.74, 6) is -0.609. The minimum absolute atomic E-state index is 0.0602. The number of carbonyl (C=O) groups is 2. The van der Waals surface area contributed by atoms with Crippen molar-refractivity contribution < 1.29 is 19.1 Å². The zero-order valence-electron chi connectivity index (χ0n) is 14.0. The van der Waals surface area contributed by atoms with Crippen molar-refractivity contribution in [1.29, 1.82) is 0 Å². The summed E-state index contributed by atoms with van der Waals surface area (Å²) in [5.41, 5.74) is 0. The van der Waals surface area contributed by atoms with E-state index in [9.17, 15) is 9.59 Å². The molecule has 0 rings (SSSR count). The first-order valence-electron chi connectivity index (χ1n) is 8.45. The van der Waals surface area contributed by atoms with E-state index in [1.807, 2.05) is 6.92 Å². The summed E-state index contributed by atoms with van der Waals surface area (Å²) < 4.78 is 10.3. The molecule has 0 amide bonds. The van der Waals surface area contributed by atoms with Gasteiger partial charge < -0.3 is 9.47 Å². The maximum Gasteiger partial charge on any atom is 0.306 e. The van der Waals surface area contributed by atoms with Crippen molar-refractivity contribution in [3.05, 3.63) is 0 Å². The number of rotatable bonds is 13. The molecule has 0 aliphatic rings. The number of carbonyl (C=O) groups excluding carboxylic acids is 2. The molecular formula is C17H32O4. The van der Waals surface area contributed by atoms with Crippen molar-refractivity contribution in [1.82, 2.24) is 0 Å². The summed E-state index contributed by atoms with van der Waals surface area (Å²) in [6.07, 6.45) is 8.82. The van der Waals surface area contributed by atoms with Gasteiger partial charge in [-0.25, -0.2) is 0 Å². The Balaban J connectivity index is 3.57. The molecule has 0 saturated carbocycles. The van der Waals surface area contributed by atoms with Crippen molar-refractivity contribution in [3.8, 4) is 0 Å². The van der Waals surface area contributed by atoms with E-state index in [0.717, 1.165) is 32.1 Å². The van der Waals surface area contributed by atoms with Crippen molar-refractivity contribution in [2.24, 2.45) is 0 Å². The summed E-state index contributed by atoms with van der Waals surface area (Å²) in [6, 6.07) is 0. The molecule has 4 heteroatoms. The average molecular weight is 300 g/mol. The highest BCUT2D eigenvalue weighted by atomic mass is 16.5. The van der Waals surface area contributed by atoms with Gasteiger partial charge in [0, 0.05) is 0 Å². The van der Waals surface area contributed by atoms with Crippen LogP contribution in [0.5, 0.6) is 0 Å². The summed E-state index contributed by atoms with van der Waals surface area (Å²) in [5, 5.41) is 0. The third kappa shape index (κ3) is 13.7. The molecule has 0 spiro atoms. The summed E-state index contributed by atoms with van der Waals surface area (Å²) >= 11 is 0. The van der Waals surface area contributed by atoms with E-state index in [1.165, 1.54) is 19.3 Å². The van der Waals surface area contributed by atoms with E-state index in [0.29, 0.717) is 6.61 Å². The SMILES string of the molecule is CCCCCCC(C)OC(=O)CCC(=O)OCCCCC. The Labute approximate surface area is 129 Å². The van der Waals surface area contributed by atoms with Crippen LogP contribution in [0.25, 0.3) is 0 Å². The number of esters is 2. The predicted octanol–water partition coefficient (Wildman–Crippen LogP) is 4.40. The lowest BCUT2D eigenvalue weighted by Crippen LogP contribution is -2.16. The number of hydrogen-bond acceptors (Lipinski definition) is 4. The van der Waals surface area contributed by atoms with Crippen molar-refractivity contribution >= 4 is 11.9 Å². The van der Waals surface area contributed by atoms with Crippen LogP contribution in [0, 0.1) is 0 Å². The molecule has 0 aromatic heterocycles. The fourth-order valence-electron chi connectivity index (χ4n) is 2.02. The van der Waals surface area contributed by atoms with E-state index in [1.54, 1.807) is 0 Å². The highest BCUT2D eigenvalue weighted by Crippen LogP contribution is 2.09. The van der Waals surface area contributed by atoms with Gasteiger partial charge in [-0.1, -0.05) is 46.0 Å². The van der Waals surface area contributed by atoms with Gasteiger partial charge in [-0.2, -0.15) is 0 Å². The van der Waals surface area contributed by atoms with E-state index in [2.05, 4.69) is 13.8 Å². The molecular weight excluding hydrogens is 268 g/mol. The monoisotopic (exact) mass is 300 g/mol. The molecule has 0 fully saturated rings. The third-order valence-corrected chi connectivity index (χ3v) is 3.34. The smallest absolute Gasteiger partial charge is 0.306 e. The van der Waals surface area contributed by atoms with Crippen LogP contribution < -0.4 is 0 Å². The number of ether oxygens (including phenoxy) is 2. The zero-order chi connectivity index (χ0) is 15.9. The van der Waals surface area contributed by atoms with Gasteiger partial charge in [0.25, 0.3) is 0 Å². The predicted molar refractivity (Wildman–Crippen MR) is 84.0 cm³/mol. The fourth-order valence-corrected chi connectivity index (χ4v) is 2.02. The summed E-state index contributed by atoms with van der Waals surface area (Å²) in [4.78, 5) is 23.0. The summed E-state index contributed by atoms with van der Waals surface area (Å²) in [6.45, 7) is 6.63. The van der Waals surface area contributed by atoms with Gasteiger partial charge in [0.1, 0.15) is 0 Å². The lowest BCUT2D eigenvalue weighted by molar-refractivity contribution is -0.153. The van der Waals surface area contributed by atoms with E-state index >= 15 is 0 Å². The Hall–Kier alpha value is -1.06. The quantitative estimate of drug-likeness (QED) is 0.373. The Morgan fingerprint density at radius 3 is 2.14 bits per heavy atom. The maximum absolute atomic E-state index is 11.6. The van der Waals surface area contributed by atoms with Crippen molar-refractivity contribution in [2.75, 3.05) is 6.61 Å². The molecule has 0 radical (unpaired) electrons. The van der Waals surface area contributed by atoms with Crippen LogP contribution in [0.15, 0.2) is 0 Å². The molecule has 0 aromatic rings. The molecule has 124 valence electrons. The Morgan fingerprint density at radius 1 is 0.857 bits per heavy atom. The minimum Gasteiger partial charge on any atom is -0.466 e. The van der Waals surface area contributed by atoms with Gasteiger partial charge in [0.05, 0.1) is 25.6 Å². The third-order valence-electron chi connectivity index (χ3n) is 3.34. The molecule has 0 N–H and O–H groups in total. The van der Waals surface area contributed by atoms with Gasteiger partial charge in [0.15, 0.2) is 0 Å². The molecule has 1 unspecified atom stereocenters. The molecule has 4 nitrogen and oxygen atoms in total. The molecule has 0 saturated heterocycles.